The van der Waals surface area contributed by atoms with E-state index in [1.165, 1.54) is 6.08 Å². The number of carboxylic acids is 1. The van der Waals surface area contributed by atoms with E-state index in [1.807, 2.05) is 0 Å². The number of carbonyl (C=O) groups excluding carboxylic acids is 1. The molecule has 5 heteroatoms. The molecule has 0 aliphatic carbocycles. The van der Waals surface area contributed by atoms with Crippen LogP contribution in [0.25, 0.3) is 0 Å². The van der Waals surface area contributed by atoms with Gasteiger partial charge in [0.15, 0.2) is 0 Å². The number of ether oxygens (including phenoxy) is 1. The van der Waals surface area contributed by atoms with Gasteiger partial charge in [0.2, 0.25) is 0 Å². The molecule has 0 saturated heterocycles. The molecule has 0 aromatic rings. The van der Waals surface area contributed by atoms with Gasteiger partial charge in [0.1, 0.15) is 12.6 Å². The minimum Gasteiger partial charge on any atom is -0.480 e. The Kier molecular flexibility index (Phi) is 5.34. The van der Waals surface area contributed by atoms with Crippen molar-refractivity contribution < 1.29 is 19.4 Å². The molecule has 0 aromatic heterocycles. The molecule has 2 N–H and O–H groups in total. The molecule has 74 valence electrons. The smallest absolute Gasteiger partial charge is 0.408 e. The summed E-state index contributed by atoms with van der Waals surface area (Å²) in [7, 11) is 0. The average Bonchev–Trinajstić information content (AvgIpc) is 2.10. The maximum atomic E-state index is 10.8. The number of nitrogens with one attached hydrogen (secondary N) is 1. The molecule has 0 aliphatic rings. The molecule has 0 aliphatic heterocycles. The Hall–Kier alpha value is -1.52. The van der Waals surface area contributed by atoms with Gasteiger partial charge in [-0.15, -0.1) is 0 Å². The van der Waals surface area contributed by atoms with Crippen molar-refractivity contribution in [2.75, 3.05) is 6.61 Å². The van der Waals surface area contributed by atoms with Crippen LogP contribution in [0, 0.1) is 0 Å². The molecular formula is C8H13NO4. The summed E-state index contributed by atoms with van der Waals surface area (Å²) in [4.78, 5) is 21.3. The minimum atomic E-state index is -1.07. The van der Waals surface area contributed by atoms with Crippen LogP contribution in [-0.4, -0.2) is 29.8 Å². The highest BCUT2D eigenvalue weighted by molar-refractivity contribution is 5.79. The largest absolute Gasteiger partial charge is 0.480 e. The third kappa shape index (κ3) is 4.84. The highest BCUT2D eigenvalue weighted by Crippen LogP contribution is 1.91. The van der Waals surface area contributed by atoms with Crippen LogP contribution >= 0.6 is 0 Å². The van der Waals surface area contributed by atoms with E-state index in [1.54, 1.807) is 6.92 Å². The first kappa shape index (κ1) is 11.5. The molecule has 1 unspecified atom stereocenters. The van der Waals surface area contributed by atoms with Crippen molar-refractivity contribution in [3.63, 3.8) is 0 Å². The Labute approximate surface area is 76.4 Å². The third-order valence-corrected chi connectivity index (χ3v) is 1.33. The van der Waals surface area contributed by atoms with Gasteiger partial charge in [-0.3, -0.25) is 0 Å². The molecule has 0 aromatic carbocycles. The number of hydrogen-bond donors (Lipinski definition) is 2. The fraction of sp³-hybridized carbons (Fsp3) is 0.500. The van der Waals surface area contributed by atoms with Gasteiger partial charge in [0.05, 0.1) is 0 Å². The summed E-state index contributed by atoms with van der Waals surface area (Å²) in [6.45, 7) is 5.08. The summed E-state index contributed by atoms with van der Waals surface area (Å²) in [6.07, 6.45) is 0.981. The Bertz CT molecular complexity index is 202. The molecule has 5 nitrogen and oxygen atoms in total. The van der Waals surface area contributed by atoms with Gasteiger partial charge in [0, 0.05) is 0 Å². The van der Waals surface area contributed by atoms with Crippen molar-refractivity contribution in [2.24, 2.45) is 0 Å². The maximum Gasteiger partial charge on any atom is 0.408 e. The minimum absolute atomic E-state index is 0.0713. The number of hydrogen-bond acceptors (Lipinski definition) is 3. The van der Waals surface area contributed by atoms with Crippen LogP contribution in [-0.2, 0) is 9.53 Å². The number of carbonyl (C=O) groups is 2. The van der Waals surface area contributed by atoms with Crippen molar-refractivity contribution in [2.45, 2.75) is 19.4 Å². The fourth-order valence-corrected chi connectivity index (χ4v) is 0.657. The van der Waals surface area contributed by atoms with Gasteiger partial charge >= 0.3 is 12.1 Å². The number of amides is 1. The van der Waals surface area contributed by atoms with Crippen molar-refractivity contribution >= 4 is 12.1 Å². The average molecular weight is 187 g/mol. The highest BCUT2D eigenvalue weighted by atomic mass is 16.5. The lowest BCUT2D eigenvalue weighted by molar-refractivity contribution is -0.139. The van der Waals surface area contributed by atoms with Crippen LogP contribution in [0.3, 0.4) is 0 Å². The fourth-order valence-electron chi connectivity index (χ4n) is 0.657. The standard InChI is InChI=1S/C8H13NO4/c1-3-5-13-8(12)9-6(4-2)7(10)11/h3,6H,1,4-5H2,2H3,(H,9,12)(H,10,11). The molecule has 1 atom stereocenters. The first-order valence-electron chi connectivity index (χ1n) is 3.88. The van der Waals surface area contributed by atoms with Crippen LogP contribution in [0.1, 0.15) is 13.3 Å². The van der Waals surface area contributed by atoms with E-state index in [0.29, 0.717) is 6.42 Å². The quantitative estimate of drug-likeness (QED) is 0.623. The second-order valence-electron chi connectivity index (χ2n) is 2.33. The van der Waals surface area contributed by atoms with E-state index in [4.69, 9.17) is 5.11 Å². The van der Waals surface area contributed by atoms with E-state index in [9.17, 15) is 9.59 Å². The molecule has 0 fully saturated rings. The van der Waals surface area contributed by atoms with E-state index in [0.717, 1.165) is 0 Å². The topological polar surface area (TPSA) is 75.6 Å². The first-order chi connectivity index (χ1) is 6.11. The van der Waals surface area contributed by atoms with E-state index >= 15 is 0 Å². The monoisotopic (exact) mass is 187 g/mol. The van der Waals surface area contributed by atoms with Gasteiger partial charge in [-0.2, -0.15) is 0 Å². The molecule has 0 spiro atoms. The van der Waals surface area contributed by atoms with E-state index in [2.05, 4.69) is 16.6 Å². The van der Waals surface area contributed by atoms with Crippen LogP contribution in [0.15, 0.2) is 12.7 Å². The molecule has 0 radical (unpaired) electrons. The molecule has 0 bridgehead atoms. The van der Waals surface area contributed by atoms with Gasteiger partial charge in [-0.1, -0.05) is 19.6 Å². The summed E-state index contributed by atoms with van der Waals surface area (Å²) in [5, 5.41) is 10.7. The lowest BCUT2D eigenvalue weighted by atomic mass is 10.2. The summed E-state index contributed by atoms with van der Waals surface area (Å²) in [5.74, 6) is -1.07. The number of rotatable bonds is 5. The van der Waals surface area contributed by atoms with Gasteiger partial charge in [0.25, 0.3) is 0 Å². The molecular weight excluding hydrogens is 174 g/mol. The van der Waals surface area contributed by atoms with Crippen LogP contribution in [0.5, 0.6) is 0 Å². The molecule has 0 rings (SSSR count). The van der Waals surface area contributed by atoms with Gasteiger partial charge < -0.3 is 15.2 Å². The molecule has 13 heavy (non-hydrogen) atoms. The van der Waals surface area contributed by atoms with Crippen molar-refractivity contribution in [3.8, 4) is 0 Å². The van der Waals surface area contributed by atoms with Gasteiger partial charge in [-0.25, -0.2) is 9.59 Å². The number of aliphatic carboxylic acids is 1. The predicted octanol–water partition coefficient (Wildman–Crippen LogP) is 0.762. The molecule has 0 heterocycles. The summed E-state index contributed by atoms with van der Waals surface area (Å²) in [5.41, 5.74) is 0. The zero-order chi connectivity index (χ0) is 10.3. The highest BCUT2D eigenvalue weighted by Gasteiger charge is 2.17. The summed E-state index contributed by atoms with van der Waals surface area (Å²) < 4.78 is 4.54. The molecule has 1 amide bonds. The van der Waals surface area contributed by atoms with Crippen LogP contribution < -0.4 is 5.32 Å². The lowest BCUT2D eigenvalue weighted by Gasteiger charge is -2.11. The zero-order valence-corrected chi connectivity index (χ0v) is 7.45. The lowest BCUT2D eigenvalue weighted by Crippen LogP contribution is -2.40. The zero-order valence-electron chi connectivity index (χ0n) is 7.45. The molecule has 0 saturated carbocycles. The Morgan fingerprint density at radius 3 is 2.69 bits per heavy atom. The van der Waals surface area contributed by atoms with Crippen molar-refractivity contribution in [1.29, 1.82) is 0 Å². The van der Waals surface area contributed by atoms with Crippen molar-refractivity contribution in [3.05, 3.63) is 12.7 Å². The maximum absolute atomic E-state index is 10.8. The number of carboxylic acid groups (broad SMARTS) is 1. The second kappa shape index (κ2) is 6.05. The van der Waals surface area contributed by atoms with Crippen LogP contribution in [0.2, 0.25) is 0 Å². The SMILES string of the molecule is C=CCOC(=O)NC(CC)C(=O)O. The van der Waals surface area contributed by atoms with E-state index < -0.39 is 18.1 Å². The van der Waals surface area contributed by atoms with Crippen molar-refractivity contribution in [1.82, 2.24) is 5.32 Å². The number of alkyl carbamates (subject to hydrolysis) is 1. The summed E-state index contributed by atoms with van der Waals surface area (Å²) >= 11 is 0. The second-order valence-corrected chi connectivity index (χ2v) is 2.33. The normalized spacial score (nSPS) is 11.5. The summed E-state index contributed by atoms with van der Waals surface area (Å²) in [6, 6.07) is -0.891. The van der Waals surface area contributed by atoms with E-state index in [-0.39, 0.29) is 6.61 Å². The Balaban J connectivity index is 3.86. The third-order valence-electron chi connectivity index (χ3n) is 1.33. The van der Waals surface area contributed by atoms with Gasteiger partial charge in [-0.05, 0) is 6.42 Å². The first-order valence-corrected chi connectivity index (χ1v) is 3.88. The predicted molar refractivity (Wildman–Crippen MR) is 46.4 cm³/mol. The Morgan fingerprint density at radius 1 is 1.69 bits per heavy atom. The Morgan fingerprint density at radius 2 is 2.31 bits per heavy atom. The van der Waals surface area contributed by atoms with Crippen LogP contribution in [0.4, 0.5) is 4.79 Å².